The molecule has 1 aromatic rings. The fraction of sp³-hybridized carbons (Fsp3) is 0.667. The molecule has 0 radical (unpaired) electrons. The molecule has 0 spiro atoms. The van der Waals surface area contributed by atoms with Gasteiger partial charge in [-0.2, -0.15) is 0 Å². The predicted molar refractivity (Wildman–Crippen MR) is 100 cm³/mol. The van der Waals surface area contributed by atoms with Crippen molar-refractivity contribution < 1.29 is 59.6 Å². The molecule has 0 aliphatic carbocycles. The number of nitro benzene ring substituents is 1. The predicted octanol–water partition coefficient (Wildman–Crippen LogP) is -3.40. The maximum atomic E-state index is 10.7. The number of non-ortho nitro benzene ring substituents is 1. The van der Waals surface area contributed by atoms with Gasteiger partial charge in [0.1, 0.15) is 54.6 Å². The number of nitrogens with zero attached hydrogens (tertiary/aromatic N) is 1. The topological polar surface area (TPSA) is 222 Å². The number of rotatable bonds is 7. The van der Waals surface area contributed by atoms with E-state index >= 15 is 0 Å². The lowest BCUT2D eigenvalue weighted by atomic mass is 9.98. The fourth-order valence-corrected chi connectivity index (χ4v) is 3.33. The quantitative estimate of drug-likeness (QED) is 0.155. The zero-order chi connectivity index (χ0) is 23.6. The average molecular weight is 463 g/mol. The van der Waals surface area contributed by atoms with Crippen molar-refractivity contribution in [3.05, 3.63) is 34.4 Å². The summed E-state index contributed by atoms with van der Waals surface area (Å²) in [5, 5.41) is 80.1. The number of benzene rings is 1. The van der Waals surface area contributed by atoms with E-state index < -0.39 is 79.5 Å². The van der Waals surface area contributed by atoms with E-state index in [2.05, 4.69) is 0 Å². The highest BCUT2D eigenvalue weighted by molar-refractivity contribution is 5.36. The molecule has 0 saturated carbocycles. The fourth-order valence-electron chi connectivity index (χ4n) is 3.33. The minimum atomic E-state index is -1.71. The molecule has 0 bridgehead atoms. The minimum absolute atomic E-state index is 0.0804. The van der Waals surface area contributed by atoms with Gasteiger partial charge in [0, 0.05) is 12.1 Å². The number of ether oxygens (including phenoxy) is 4. The lowest BCUT2D eigenvalue weighted by molar-refractivity contribution is -0.384. The van der Waals surface area contributed by atoms with Gasteiger partial charge >= 0.3 is 0 Å². The number of nitro groups is 1. The van der Waals surface area contributed by atoms with Crippen LogP contribution in [0.5, 0.6) is 5.75 Å². The summed E-state index contributed by atoms with van der Waals surface area (Å²) in [5.41, 5.74) is -0.191. The Morgan fingerprint density at radius 2 is 1.34 bits per heavy atom. The Morgan fingerprint density at radius 3 is 1.91 bits per heavy atom. The van der Waals surface area contributed by atoms with Crippen LogP contribution in [0.25, 0.3) is 0 Å². The first-order valence-corrected chi connectivity index (χ1v) is 9.67. The van der Waals surface area contributed by atoms with Crippen molar-refractivity contribution in [2.75, 3.05) is 13.2 Å². The Morgan fingerprint density at radius 1 is 0.812 bits per heavy atom. The van der Waals surface area contributed by atoms with Gasteiger partial charge < -0.3 is 54.7 Å². The van der Waals surface area contributed by atoms with Crippen molar-refractivity contribution in [1.82, 2.24) is 0 Å². The first-order valence-electron chi connectivity index (χ1n) is 9.67. The lowest BCUT2D eigenvalue weighted by Gasteiger charge is -2.42. The van der Waals surface area contributed by atoms with E-state index in [1.54, 1.807) is 0 Å². The largest absolute Gasteiger partial charge is 0.462 e. The van der Waals surface area contributed by atoms with Crippen molar-refractivity contribution >= 4 is 5.69 Å². The van der Waals surface area contributed by atoms with Crippen LogP contribution in [0.3, 0.4) is 0 Å². The summed E-state index contributed by atoms with van der Waals surface area (Å²) < 4.78 is 21.4. The van der Waals surface area contributed by atoms with Crippen LogP contribution in [0.4, 0.5) is 5.69 Å². The molecular formula is C18H25NO13. The van der Waals surface area contributed by atoms with E-state index in [0.29, 0.717) is 0 Å². The molecule has 10 atom stereocenters. The Bertz CT molecular complexity index is 762. The molecule has 7 N–H and O–H groups in total. The maximum absolute atomic E-state index is 10.7. The van der Waals surface area contributed by atoms with Crippen molar-refractivity contribution in [3.63, 3.8) is 0 Å². The third-order valence-corrected chi connectivity index (χ3v) is 5.24. The molecule has 180 valence electrons. The minimum Gasteiger partial charge on any atom is -0.462 e. The number of hydrogen-bond acceptors (Lipinski definition) is 13. The third-order valence-electron chi connectivity index (χ3n) is 5.24. The van der Waals surface area contributed by atoms with Gasteiger partial charge in [-0.05, 0) is 12.1 Å². The Labute approximate surface area is 180 Å². The van der Waals surface area contributed by atoms with Crippen LogP contribution in [0.15, 0.2) is 24.3 Å². The van der Waals surface area contributed by atoms with Crippen LogP contribution in [-0.2, 0) is 14.2 Å². The van der Waals surface area contributed by atoms with E-state index in [1.807, 2.05) is 0 Å². The summed E-state index contributed by atoms with van der Waals surface area (Å²) in [4.78, 5) is 10.1. The number of aliphatic hydroxyl groups is 7. The van der Waals surface area contributed by atoms with E-state index in [4.69, 9.17) is 18.9 Å². The highest BCUT2D eigenvalue weighted by atomic mass is 16.7. The van der Waals surface area contributed by atoms with Crippen LogP contribution in [-0.4, -0.2) is 115 Å². The van der Waals surface area contributed by atoms with Gasteiger partial charge in [0.2, 0.25) is 6.29 Å². The van der Waals surface area contributed by atoms with Gasteiger partial charge in [-0.3, -0.25) is 10.1 Å². The summed E-state index contributed by atoms with van der Waals surface area (Å²) in [5.74, 6) is 0.0804. The Balaban J connectivity index is 1.64. The molecule has 0 amide bonds. The maximum Gasteiger partial charge on any atom is 0.269 e. The number of aliphatic hydroxyl groups excluding tert-OH is 7. The van der Waals surface area contributed by atoms with Crippen LogP contribution in [0, 0.1) is 10.1 Å². The smallest absolute Gasteiger partial charge is 0.269 e. The SMILES string of the molecule is O=[N+]([O-])c1ccc(O[C@@H]2O[C@H](CO[C@@H]3O[C@H](CO)[C@@H](O)[C@H](O)[C@H]3O)[C@H](O)[C@H](O)[C@H]2O)cc1. The molecular weight excluding hydrogens is 438 g/mol. The summed E-state index contributed by atoms with van der Waals surface area (Å²) >= 11 is 0. The van der Waals surface area contributed by atoms with Gasteiger partial charge in [-0.15, -0.1) is 0 Å². The molecule has 0 aromatic heterocycles. The number of hydrogen-bond donors (Lipinski definition) is 7. The lowest BCUT2D eigenvalue weighted by Crippen LogP contribution is -2.62. The van der Waals surface area contributed by atoms with Crippen LogP contribution >= 0.6 is 0 Å². The van der Waals surface area contributed by atoms with Crippen molar-refractivity contribution in [3.8, 4) is 5.75 Å². The molecule has 2 aliphatic rings. The molecule has 14 nitrogen and oxygen atoms in total. The Hall–Kier alpha value is -1.98. The first-order chi connectivity index (χ1) is 15.1. The second-order valence-corrected chi connectivity index (χ2v) is 7.41. The second-order valence-electron chi connectivity index (χ2n) is 7.41. The van der Waals surface area contributed by atoms with E-state index in [1.165, 1.54) is 12.1 Å². The summed E-state index contributed by atoms with van der Waals surface area (Å²) in [6, 6.07) is 4.83. The highest BCUT2D eigenvalue weighted by Crippen LogP contribution is 2.27. The first kappa shape index (κ1) is 24.7. The summed E-state index contributed by atoms with van der Waals surface area (Å²) in [7, 11) is 0. The molecule has 2 heterocycles. The van der Waals surface area contributed by atoms with Gasteiger partial charge in [0.15, 0.2) is 6.29 Å². The van der Waals surface area contributed by atoms with E-state index in [0.717, 1.165) is 12.1 Å². The molecule has 1 aromatic carbocycles. The standard InChI is InChI=1S/C18H25NO13/c20-5-9-11(21)13(23)15(25)17(31-9)29-6-10-12(22)14(24)16(26)18(32-10)30-8-3-1-7(2-4-8)19(27)28/h1-4,9-18,20-26H,5-6H2/t9-,10-,11-,12+,13+,14+,15-,16-,17-,18-/m1/s1. The van der Waals surface area contributed by atoms with Gasteiger partial charge in [0.05, 0.1) is 18.1 Å². The monoisotopic (exact) mass is 463 g/mol. The zero-order valence-corrected chi connectivity index (χ0v) is 16.5. The summed E-state index contributed by atoms with van der Waals surface area (Å²) in [6.45, 7) is -1.17. The van der Waals surface area contributed by atoms with Gasteiger partial charge in [0.25, 0.3) is 5.69 Å². The second kappa shape index (κ2) is 10.3. The third kappa shape index (κ3) is 5.15. The van der Waals surface area contributed by atoms with Gasteiger partial charge in [-0.25, -0.2) is 0 Å². The Kier molecular flexibility index (Phi) is 7.94. The van der Waals surface area contributed by atoms with Crippen LogP contribution < -0.4 is 4.74 Å². The highest BCUT2D eigenvalue weighted by Gasteiger charge is 2.47. The van der Waals surface area contributed by atoms with Crippen molar-refractivity contribution in [1.29, 1.82) is 0 Å². The molecule has 32 heavy (non-hydrogen) atoms. The molecule has 2 aliphatic heterocycles. The van der Waals surface area contributed by atoms with Gasteiger partial charge in [-0.1, -0.05) is 0 Å². The molecule has 14 heteroatoms. The van der Waals surface area contributed by atoms with Crippen LogP contribution in [0.2, 0.25) is 0 Å². The van der Waals surface area contributed by atoms with Crippen molar-refractivity contribution in [2.45, 2.75) is 61.4 Å². The summed E-state index contributed by atoms with van der Waals surface area (Å²) in [6.07, 6.45) is -15.4. The van der Waals surface area contributed by atoms with Crippen LogP contribution in [0.1, 0.15) is 0 Å². The molecule has 2 saturated heterocycles. The normalized spacial score (nSPS) is 40.1. The average Bonchev–Trinajstić information content (AvgIpc) is 2.78. The van der Waals surface area contributed by atoms with E-state index in [-0.39, 0.29) is 11.4 Å². The van der Waals surface area contributed by atoms with Crippen molar-refractivity contribution in [2.24, 2.45) is 0 Å². The molecule has 3 rings (SSSR count). The molecule has 0 unspecified atom stereocenters. The zero-order valence-electron chi connectivity index (χ0n) is 16.5. The molecule has 2 fully saturated rings. The van der Waals surface area contributed by atoms with E-state index in [9.17, 15) is 45.9 Å².